The molecule has 9 rings (SSSR count). The number of hydrogen-bond acceptors (Lipinski definition) is 6. The Bertz CT molecular complexity index is 1880. The lowest BCUT2D eigenvalue weighted by Crippen LogP contribution is -2.50. The molecule has 9 nitrogen and oxygen atoms in total. The van der Waals surface area contributed by atoms with E-state index in [1.807, 2.05) is 49.0 Å². The zero-order chi connectivity index (χ0) is 33.9. The van der Waals surface area contributed by atoms with Crippen LogP contribution in [0.1, 0.15) is 92.0 Å². The van der Waals surface area contributed by atoms with Gasteiger partial charge in [-0.3, -0.25) is 19.2 Å². The minimum Gasteiger partial charge on any atom is -0.354 e. The topological polar surface area (TPSA) is 99.2 Å². The number of rotatable bonds is 9. The van der Waals surface area contributed by atoms with Gasteiger partial charge in [-0.1, -0.05) is 6.07 Å². The predicted octanol–water partition coefficient (Wildman–Crippen LogP) is 6.64. The first-order chi connectivity index (χ1) is 23.6. The van der Waals surface area contributed by atoms with Gasteiger partial charge in [0.15, 0.2) is 0 Å². The molecule has 49 heavy (non-hydrogen) atoms. The molecular formula is C40H51N7O2. The summed E-state index contributed by atoms with van der Waals surface area (Å²) in [6.45, 7) is 13.5. The molecule has 1 aromatic carbocycles. The highest BCUT2D eigenvalue weighted by Crippen LogP contribution is 2.61. The molecule has 1 amide bonds. The van der Waals surface area contributed by atoms with Crippen molar-refractivity contribution in [3.8, 4) is 11.3 Å². The molecule has 0 radical (unpaired) electrons. The van der Waals surface area contributed by atoms with E-state index in [0.29, 0.717) is 16.5 Å². The molecule has 258 valence electrons. The lowest BCUT2D eigenvalue weighted by Gasteiger charge is -2.57. The molecule has 0 unspecified atom stereocenters. The lowest BCUT2D eigenvalue weighted by molar-refractivity contribution is -0.0611. The number of anilines is 1. The molecule has 4 bridgehead atoms. The molecule has 3 aromatic heterocycles. The number of hydrogen-bond donors (Lipinski definition) is 2. The van der Waals surface area contributed by atoms with Crippen molar-refractivity contribution in [2.24, 2.45) is 23.2 Å². The summed E-state index contributed by atoms with van der Waals surface area (Å²) >= 11 is 0. The van der Waals surface area contributed by atoms with Gasteiger partial charge in [-0.25, -0.2) is 4.98 Å². The summed E-state index contributed by atoms with van der Waals surface area (Å²) in [6.07, 6.45) is 12.4. The van der Waals surface area contributed by atoms with Crippen LogP contribution < -0.4 is 15.8 Å². The highest BCUT2D eigenvalue weighted by Gasteiger charge is 2.50. The van der Waals surface area contributed by atoms with Gasteiger partial charge in [0.2, 0.25) is 0 Å². The van der Waals surface area contributed by atoms with Crippen LogP contribution >= 0.6 is 0 Å². The molecule has 5 fully saturated rings. The summed E-state index contributed by atoms with van der Waals surface area (Å²) in [5.74, 6) is 3.84. The molecule has 4 saturated carbocycles. The highest BCUT2D eigenvalue weighted by atomic mass is 16.1. The average molecular weight is 662 g/mol. The van der Waals surface area contributed by atoms with Gasteiger partial charge in [0.05, 0.1) is 11.1 Å². The maximum absolute atomic E-state index is 13.7. The van der Waals surface area contributed by atoms with E-state index in [1.165, 1.54) is 51.5 Å². The first-order valence-electron chi connectivity index (χ1n) is 18.6. The maximum atomic E-state index is 13.7. The summed E-state index contributed by atoms with van der Waals surface area (Å²) in [4.78, 5) is 39.2. The third-order valence-corrected chi connectivity index (χ3v) is 12.2. The fourth-order valence-corrected chi connectivity index (χ4v) is 10.2. The molecule has 2 N–H and O–H groups in total. The predicted molar refractivity (Wildman–Crippen MR) is 195 cm³/mol. The number of pyridine rings is 2. The Labute approximate surface area is 289 Å². The largest absolute Gasteiger partial charge is 0.354 e. The van der Waals surface area contributed by atoms with Gasteiger partial charge in [-0.05, 0) is 138 Å². The smallest absolute Gasteiger partial charge is 0.253 e. The Morgan fingerprint density at radius 1 is 1.00 bits per heavy atom. The molecule has 0 atom stereocenters. The Morgan fingerprint density at radius 2 is 1.71 bits per heavy atom. The number of carbonyl (C=O) groups is 1. The van der Waals surface area contributed by atoms with Gasteiger partial charge >= 0.3 is 0 Å². The third kappa shape index (κ3) is 6.19. The van der Waals surface area contributed by atoms with Crippen molar-refractivity contribution >= 4 is 22.6 Å². The van der Waals surface area contributed by atoms with Gasteiger partial charge < -0.3 is 15.2 Å². The summed E-state index contributed by atoms with van der Waals surface area (Å²) in [6, 6.07) is 12.0. The Balaban J connectivity index is 0.961. The number of amides is 1. The van der Waals surface area contributed by atoms with E-state index >= 15 is 0 Å². The minimum atomic E-state index is -0.236. The fraction of sp³-hybridized carbons (Fsp3) is 0.550. The summed E-state index contributed by atoms with van der Waals surface area (Å²) in [5, 5.41) is 8.82. The van der Waals surface area contributed by atoms with Crippen molar-refractivity contribution in [1.29, 1.82) is 0 Å². The van der Waals surface area contributed by atoms with Crippen LogP contribution in [0, 0.1) is 37.0 Å². The highest BCUT2D eigenvalue weighted by molar-refractivity contribution is 6.11. The molecule has 4 aliphatic carbocycles. The van der Waals surface area contributed by atoms with Crippen LogP contribution in [0.15, 0.2) is 47.4 Å². The molecule has 1 aliphatic heterocycles. The second-order valence-corrected chi connectivity index (χ2v) is 16.1. The maximum Gasteiger partial charge on any atom is 0.253 e. The van der Waals surface area contributed by atoms with Gasteiger partial charge in [0.25, 0.3) is 11.5 Å². The molecule has 0 spiro atoms. The Hall–Kier alpha value is -3.98. The first kappa shape index (κ1) is 32.2. The zero-order valence-corrected chi connectivity index (χ0v) is 29.6. The number of nitrogens with zero attached hydrogens (tertiary/aromatic N) is 5. The van der Waals surface area contributed by atoms with Gasteiger partial charge in [0.1, 0.15) is 11.5 Å². The van der Waals surface area contributed by atoms with Crippen molar-refractivity contribution in [2.75, 3.05) is 37.6 Å². The molecule has 4 aromatic rings. The number of H-pyrrole nitrogens is 1. The Morgan fingerprint density at radius 3 is 2.35 bits per heavy atom. The number of aromatic amines is 1. The zero-order valence-electron chi connectivity index (χ0n) is 29.6. The van der Waals surface area contributed by atoms with E-state index in [4.69, 9.17) is 10.1 Å². The summed E-state index contributed by atoms with van der Waals surface area (Å²) < 4.78 is 1.98. The van der Waals surface area contributed by atoms with Gasteiger partial charge in [-0.2, -0.15) is 5.10 Å². The number of aryl methyl sites for hydroxylation is 2. The molecule has 1 saturated heterocycles. The van der Waals surface area contributed by atoms with E-state index in [1.54, 1.807) is 0 Å². The number of carbonyl (C=O) groups excluding carboxylic acids is 1. The van der Waals surface area contributed by atoms with Crippen LogP contribution in [0.2, 0.25) is 0 Å². The van der Waals surface area contributed by atoms with Crippen LogP contribution in [0.4, 0.5) is 5.82 Å². The average Bonchev–Trinajstić information content (AvgIpc) is 3.47. The fourth-order valence-electron chi connectivity index (χ4n) is 10.2. The summed E-state index contributed by atoms with van der Waals surface area (Å²) in [7, 11) is 0. The van der Waals surface area contributed by atoms with E-state index in [-0.39, 0.29) is 24.1 Å². The van der Waals surface area contributed by atoms with Crippen molar-refractivity contribution < 1.29 is 4.79 Å². The van der Waals surface area contributed by atoms with Crippen LogP contribution in [-0.4, -0.2) is 63.3 Å². The number of aromatic nitrogens is 4. The summed E-state index contributed by atoms with van der Waals surface area (Å²) in [5.41, 5.74) is 5.76. The lowest BCUT2D eigenvalue weighted by atomic mass is 9.49. The van der Waals surface area contributed by atoms with Crippen molar-refractivity contribution in [3.05, 3.63) is 75.3 Å². The van der Waals surface area contributed by atoms with Gasteiger partial charge in [-0.15, -0.1) is 0 Å². The van der Waals surface area contributed by atoms with E-state index in [0.717, 1.165) is 83.2 Å². The van der Waals surface area contributed by atoms with E-state index < -0.39 is 0 Å². The molecular weight excluding hydrogens is 610 g/mol. The van der Waals surface area contributed by atoms with Crippen molar-refractivity contribution in [3.63, 3.8) is 0 Å². The van der Waals surface area contributed by atoms with Crippen LogP contribution in [0.25, 0.3) is 22.2 Å². The minimum absolute atomic E-state index is 0.106. The molecule has 9 heteroatoms. The number of benzene rings is 1. The number of fused-ring (bicyclic) bond motifs is 1. The van der Waals surface area contributed by atoms with Gasteiger partial charge in [0, 0.05) is 67.2 Å². The normalized spacial score (nSPS) is 25.1. The van der Waals surface area contributed by atoms with E-state index in [2.05, 4.69) is 46.1 Å². The standard InChI is InChI=1S/C40H51N7O2/c1-25(2)47-34-7-5-6-32(38(48)42-24-33-26(3)16-27(4)43-39(33)49)36(34)37(44-47)31-8-9-35(41-23-31)46-14-12-45(13-15-46)11-10-40-20-28-17-29(21-40)19-30(18-28)22-40/h5-9,16,23,25,28-30H,10-15,17-22,24H2,1-4H3,(H,42,48)(H,43,49). The number of nitrogens with one attached hydrogen (secondary N) is 2. The van der Waals surface area contributed by atoms with Crippen molar-refractivity contribution in [2.45, 2.75) is 85.2 Å². The van der Waals surface area contributed by atoms with E-state index in [9.17, 15) is 9.59 Å². The van der Waals surface area contributed by atoms with Crippen molar-refractivity contribution in [1.82, 2.24) is 30.0 Å². The third-order valence-electron chi connectivity index (χ3n) is 12.2. The quantitative estimate of drug-likeness (QED) is 0.209. The Kier molecular flexibility index (Phi) is 8.37. The van der Waals surface area contributed by atoms with Crippen LogP contribution in [0.3, 0.4) is 0 Å². The second-order valence-electron chi connectivity index (χ2n) is 16.1. The first-order valence-corrected chi connectivity index (χ1v) is 18.6. The SMILES string of the molecule is Cc1cc(C)c(CNC(=O)c2cccc3c2c(-c2ccc(N4CCN(CCC56CC7CC(CC(C7)C5)C6)CC4)nc2)nn3C(C)C)c(=O)[nH]1. The van der Waals surface area contributed by atoms with Crippen LogP contribution in [0.5, 0.6) is 0 Å². The molecule has 5 aliphatic rings. The molecule has 4 heterocycles. The number of piperazine rings is 1. The monoisotopic (exact) mass is 661 g/mol. The van der Waals surface area contributed by atoms with Crippen LogP contribution in [-0.2, 0) is 6.54 Å². The second kappa shape index (κ2) is 12.7.